The predicted octanol–water partition coefficient (Wildman–Crippen LogP) is -0.502. The second kappa shape index (κ2) is 4.04. The van der Waals surface area contributed by atoms with Crippen LogP contribution in [0.5, 0.6) is 0 Å². The Morgan fingerprint density at radius 2 is 1.64 bits per heavy atom. The molecule has 1 rings (SSSR count). The lowest BCUT2D eigenvalue weighted by molar-refractivity contribution is 0.344. The van der Waals surface area contributed by atoms with E-state index in [-0.39, 0.29) is 0 Å². The van der Waals surface area contributed by atoms with E-state index in [1.165, 1.54) is 13.1 Å². The maximum atomic E-state index is 3.33. The maximum absolute atomic E-state index is 3.33. The summed E-state index contributed by atoms with van der Waals surface area (Å²) in [5.74, 6) is 0. The lowest BCUT2D eigenvalue weighted by atomic mass is 10.2. The molecule has 0 spiro atoms. The number of likely N-dealkylation sites (N-methyl/N-ethyl adjacent to an activating group) is 3. The van der Waals surface area contributed by atoms with Gasteiger partial charge in [0.05, 0.1) is 0 Å². The Labute approximate surface area is 69.1 Å². The van der Waals surface area contributed by atoms with Crippen LogP contribution < -0.4 is 10.6 Å². The highest BCUT2D eigenvalue weighted by Gasteiger charge is 2.28. The summed E-state index contributed by atoms with van der Waals surface area (Å²) in [6.07, 6.45) is 0. The Morgan fingerprint density at radius 3 is 1.91 bits per heavy atom. The molecule has 0 aliphatic carbocycles. The van der Waals surface area contributed by atoms with Crippen molar-refractivity contribution in [3.05, 3.63) is 0 Å². The molecule has 3 nitrogen and oxygen atoms in total. The molecule has 0 unspecified atom stereocenters. The summed E-state index contributed by atoms with van der Waals surface area (Å²) in [7, 11) is 4.07. The monoisotopic (exact) mass is 157 g/mol. The summed E-state index contributed by atoms with van der Waals surface area (Å²) in [4.78, 5) is 2.46. The summed E-state index contributed by atoms with van der Waals surface area (Å²) in [6.45, 7) is 5.73. The Kier molecular flexibility index (Phi) is 3.30. The summed E-state index contributed by atoms with van der Waals surface area (Å²) in [5, 5.41) is 6.65. The molecule has 0 radical (unpaired) electrons. The number of hydrogen-bond acceptors (Lipinski definition) is 3. The Hall–Kier alpha value is -0.120. The molecule has 66 valence electrons. The molecule has 0 aromatic carbocycles. The highest BCUT2D eigenvalue weighted by atomic mass is 15.2. The second-order valence-electron chi connectivity index (χ2n) is 3.14. The Morgan fingerprint density at radius 1 is 1.18 bits per heavy atom. The highest BCUT2D eigenvalue weighted by molar-refractivity contribution is 4.91. The van der Waals surface area contributed by atoms with Crippen LogP contribution in [0.25, 0.3) is 0 Å². The van der Waals surface area contributed by atoms with Crippen LogP contribution in [0.2, 0.25) is 0 Å². The van der Waals surface area contributed by atoms with Gasteiger partial charge in [-0.25, -0.2) is 0 Å². The van der Waals surface area contributed by atoms with E-state index in [0.29, 0.717) is 12.1 Å². The standard InChI is InChI=1S/C8H19N3/c1-4-11-5-7(9-2)8(6-11)10-3/h7-10H,4-6H2,1-3H3/t7-,8-/m1/s1. The lowest BCUT2D eigenvalue weighted by Crippen LogP contribution is -2.43. The third kappa shape index (κ3) is 1.92. The average Bonchev–Trinajstić information content (AvgIpc) is 2.46. The summed E-state index contributed by atoms with van der Waals surface area (Å²) < 4.78 is 0. The van der Waals surface area contributed by atoms with Crippen molar-refractivity contribution in [2.24, 2.45) is 0 Å². The number of nitrogens with one attached hydrogen (secondary N) is 2. The van der Waals surface area contributed by atoms with Crippen LogP contribution >= 0.6 is 0 Å². The van der Waals surface area contributed by atoms with Crippen LogP contribution in [-0.4, -0.2) is 50.7 Å². The molecule has 0 bridgehead atoms. The minimum atomic E-state index is 0.625. The third-order valence-electron chi connectivity index (χ3n) is 2.58. The molecule has 1 fully saturated rings. The molecular formula is C8H19N3. The van der Waals surface area contributed by atoms with Crippen molar-refractivity contribution < 1.29 is 0 Å². The van der Waals surface area contributed by atoms with Gasteiger partial charge in [0.1, 0.15) is 0 Å². The number of hydrogen-bond donors (Lipinski definition) is 2. The minimum Gasteiger partial charge on any atom is -0.314 e. The first-order valence-electron chi connectivity index (χ1n) is 4.38. The fraction of sp³-hybridized carbons (Fsp3) is 1.00. The average molecular weight is 157 g/mol. The number of likely N-dealkylation sites (tertiary alicyclic amines) is 1. The van der Waals surface area contributed by atoms with Crippen molar-refractivity contribution in [1.82, 2.24) is 15.5 Å². The summed E-state index contributed by atoms with van der Waals surface area (Å²) in [5.41, 5.74) is 0. The van der Waals surface area contributed by atoms with Gasteiger partial charge >= 0.3 is 0 Å². The van der Waals surface area contributed by atoms with Crippen molar-refractivity contribution in [2.75, 3.05) is 33.7 Å². The van der Waals surface area contributed by atoms with Crippen LogP contribution in [-0.2, 0) is 0 Å². The second-order valence-corrected chi connectivity index (χ2v) is 3.14. The fourth-order valence-electron chi connectivity index (χ4n) is 1.73. The van der Waals surface area contributed by atoms with Gasteiger partial charge in [0, 0.05) is 25.2 Å². The first kappa shape index (κ1) is 8.97. The third-order valence-corrected chi connectivity index (χ3v) is 2.58. The van der Waals surface area contributed by atoms with Gasteiger partial charge in [-0.15, -0.1) is 0 Å². The van der Waals surface area contributed by atoms with Crippen molar-refractivity contribution in [1.29, 1.82) is 0 Å². The Bertz CT molecular complexity index is 104. The molecule has 1 saturated heterocycles. The van der Waals surface area contributed by atoms with Gasteiger partial charge in [-0.1, -0.05) is 6.92 Å². The van der Waals surface area contributed by atoms with Gasteiger partial charge in [0.2, 0.25) is 0 Å². The van der Waals surface area contributed by atoms with Gasteiger partial charge in [-0.05, 0) is 20.6 Å². The van der Waals surface area contributed by atoms with E-state index in [1.807, 2.05) is 14.1 Å². The molecule has 2 N–H and O–H groups in total. The van der Waals surface area contributed by atoms with E-state index < -0.39 is 0 Å². The van der Waals surface area contributed by atoms with Crippen LogP contribution in [0.15, 0.2) is 0 Å². The zero-order valence-electron chi connectivity index (χ0n) is 7.72. The molecule has 0 saturated carbocycles. The van der Waals surface area contributed by atoms with Gasteiger partial charge < -0.3 is 15.5 Å². The smallest absolute Gasteiger partial charge is 0.0359 e. The zero-order chi connectivity index (χ0) is 8.27. The van der Waals surface area contributed by atoms with E-state index in [0.717, 1.165) is 6.54 Å². The van der Waals surface area contributed by atoms with Crippen LogP contribution in [0.4, 0.5) is 0 Å². The van der Waals surface area contributed by atoms with Crippen LogP contribution in [0.3, 0.4) is 0 Å². The first-order valence-corrected chi connectivity index (χ1v) is 4.38. The molecule has 1 heterocycles. The summed E-state index contributed by atoms with van der Waals surface area (Å²) >= 11 is 0. The van der Waals surface area contributed by atoms with E-state index in [1.54, 1.807) is 0 Å². The van der Waals surface area contributed by atoms with Gasteiger partial charge in [-0.3, -0.25) is 0 Å². The fourth-order valence-corrected chi connectivity index (χ4v) is 1.73. The molecule has 2 atom stereocenters. The molecule has 11 heavy (non-hydrogen) atoms. The quantitative estimate of drug-likeness (QED) is 0.578. The molecular weight excluding hydrogens is 138 g/mol. The maximum Gasteiger partial charge on any atom is 0.0359 e. The summed E-state index contributed by atoms with van der Waals surface area (Å²) in [6, 6.07) is 1.25. The largest absolute Gasteiger partial charge is 0.314 e. The van der Waals surface area contributed by atoms with Gasteiger partial charge in [0.25, 0.3) is 0 Å². The lowest BCUT2D eigenvalue weighted by Gasteiger charge is -2.15. The molecule has 1 aliphatic rings. The topological polar surface area (TPSA) is 27.3 Å². The molecule has 1 aliphatic heterocycles. The highest BCUT2D eigenvalue weighted by Crippen LogP contribution is 2.08. The van der Waals surface area contributed by atoms with Crippen molar-refractivity contribution >= 4 is 0 Å². The number of rotatable bonds is 3. The minimum absolute atomic E-state index is 0.625. The predicted molar refractivity (Wildman–Crippen MR) is 47.8 cm³/mol. The first-order chi connectivity index (χ1) is 5.31. The molecule has 0 amide bonds. The van der Waals surface area contributed by atoms with Gasteiger partial charge in [-0.2, -0.15) is 0 Å². The Balaban J connectivity index is 2.41. The van der Waals surface area contributed by atoms with Crippen molar-refractivity contribution in [3.8, 4) is 0 Å². The van der Waals surface area contributed by atoms with E-state index in [2.05, 4.69) is 22.5 Å². The van der Waals surface area contributed by atoms with Crippen molar-refractivity contribution in [3.63, 3.8) is 0 Å². The van der Waals surface area contributed by atoms with Crippen LogP contribution in [0, 0.1) is 0 Å². The normalized spacial score (nSPS) is 33.0. The number of nitrogens with zero attached hydrogens (tertiary/aromatic N) is 1. The molecule has 0 aromatic heterocycles. The molecule has 3 heteroatoms. The van der Waals surface area contributed by atoms with Crippen LogP contribution in [0.1, 0.15) is 6.92 Å². The van der Waals surface area contributed by atoms with E-state index in [9.17, 15) is 0 Å². The molecule has 0 aromatic rings. The van der Waals surface area contributed by atoms with E-state index in [4.69, 9.17) is 0 Å². The van der Waals surface area contributed by atoms with E-state index >= 15 is 0 Å². The zero-order valence-corrected chi connectivity index (χ0v) is 7.72. The van der Waals surface area contributed by atoms with Crippen molar-refractivity contribution in [2.45, 2.75) is 19.0 Å². The van der Waals surface area contributed by atoms with Gasteiger partial charge in [0.15, 0.2) is 0 Å². The SMILES string of the molecule is CCN1C[C@@H](NC)[C@H](NC)C1.